The molecule has 1 aliphatic rings. The summed E-state index contributed by atoms with van der Waals surface area (Å²) in [6.07, 6.45) is 10.1. The second kappa shape index (κ2) is 6.78. The van der Waals surface area contributed by atoms with Crippen LogP contribution in [0.2, 0.25) is 0 Å². The molecule has 0 heterocycles. The Bertz CT molecular complexity index is 213. The van der Waals surface area contributed by atoms with Gasteiger partial charge < -0.3 is 5.73 Å². The van der Waals surface area contributed by atoms with Gasteiger partial charge in [-0.15, -0.1) is 6.58 Å². The van der Waals surface area contributed by atoms with Crippen LogP contribution in [0.3, 0.4) is 0 Å². The molecule has 0 aromatic rings. The molecule has 0 amide bonds. The summed E-state index contributed by atoms with van der Waals surface area (Å²) < 4.78 is 0. The minimum Gasteiger partial charge on any atom is -0.327 e. The number of unbranched alkanes of at least 4 members (excludes halogenated alkanes) is 1. The van der Waals surface area contributed by atoms with E-state index in [0.717, 1.165) is 25.7 Å². The second-order valence-corrected chi connectivity index (χ2v) is 4.56. The molecule has 0 aliphatic heterocycles. The van der Waals surface area contributed by atoms with E-state index in [1.54, 1.807) is 0 Å². The lowest BCUT2D eigenvalue weighted by Gasteiger charge is -2.19. The zero-order chi connectivity index (χ0) is 11.1. The Kier molecular flexibility index (Phi) is 5.62. The zero-order valence-electron chi connectivity index (χ0n) is 9.58. The van der Waals surface area contributed by atoms with Gasteiger partial charge >= 0.3 is 0 Å². The average molecular weight is 209 g/mol. The molecule has 2 nitrogen and oxygen atoms in total. The van der Waals surface area contributed by atoms with Crippen LogP contribution in [0.1, 0.15) is 51.4 Å². The van der Waals surface area contributed by atoms with E-state index < -0.39 is 0 Å². The summed E-state index contributed by atoms with van der Waals surface area (Å²) in [5.74, 6) is 0.517. The number of Topliss-reactive ketones (excluding diaryl/α,β-unsaturated/α-hetero) is 1. The van der Waals surface area contributed by atoms with Crippen LogP contribution in [0.5, 0.6) is 0 Å². The first-order chi connectivity index (χ1) is 7.25. The van der Waals surface area contributed by atoms with Crippen molar-refractivity contribution in [1.29, 1.82) is 0 Å². The molecule has 15 heavy (non-hydrogen) atoms. The summed E-state index contributed by atoms with van der Waals surface area (Å²) in [4.78, 5) is 11.9. The maximum atomic E-state index is 11.9. The van der Waals surface area contributed by atoms with Crippen molar-refractivity contribution in [2.45, 2.75) is 57.4 Å². The highest BCUT2D eigenvalue weighted by Gasteiger charge is 2.25. The van der Waals surface area contributed by atoms with E-state index in [1.165, 1.54) is 19.3 Å². The predicted molar refractivity (Wildman–Crippen MR) is 63.6 cm³/mol. The smallest absolute Gasteiger partial charge is 0.137 e. The SMILES string of the molecule is C=CCCCC(=O)C1CCCCCC1N. The highest BCUT2D eigenvalue weighted by Crippen LogP contribution is 2.24. The Labute approximate surface area is 92.9 Å². The van der Waals surface area contributed by atoms with Gasteiger partial charge in [0.2, 0.25) is 0 Å². The van der Waals surface area contributed by atoms with E-state index >= 15 is 0 Å². The number of carbonyl (C=O) groups excluding carboxylic acids is 1. The minimum absolute atomic E-state index is 0.115. The minimum atomic E-state index is 0.115. The Hall–Kier alpha value is -0.630. The number of hydrogen-bond donors (Lipinski definition) is 1. The number of allylic oxidation sites excluding steroid dienone is 1. The Morgan fingerprint density at radius 1 is 1.33 bits per heavy atom. The van der Waals surface area contributed by atoms with Crippen LogP contribution in [0.4, 0.5) is 0 Å². The number of carbonyl (C=O) groups is 1. The van der Waals surface area contributed by atoms with Gasteiger partial charge in [0, 0.05) is 18.4 Å². The van der Waals surface area contributed by atoms with Gasteiger partial charge in [0.1, 0.15) is 5.78 Å². The third-order valence-corrected chi connectivity index (χ3v) is 3.31. The number of rotatable bonds is 5. The molecular formula is C13H23NO. The van der Waals surface area contributed by atoms with Gasteiger partial charge in [-0.25, -0.2) is 0 Å². The van der Waals surface area contributed by atoms with Crippen LogP contribution in [0, 0.1) is 5.92 Å². The van der Waals surface area contributed by atoms with Gasteiger partial charge in [-0.2, -0.15) is 0 Å². The monoisotopic (exact) mass is 209 g/mol. The van der Waals surface area contributed by atoms with Gasteiger partial charge in [0.25, 0.3) is 0 Å². The predicted octanol–water partition coefficient (Wildman–Crippen LogP) is 2.82. The van der Waals surface area contributed by atoms with E-state index in [1.807, 2.05) is 6.08 Å². The normalized spacial score (nSPS) is 27.0. The molecule has 1 saturated carbocycles. The van der Waals surface area contributed by atoms with Gasteiger partial charge in [-0.05, 0) is 25.7 Å². The van der Waals surface area contributed by atoms with Gasteiger partial charge in [0.15, 0.2) is 0 Å². The van der Waals surface area contributed by atoms with E-state index in [4.69, 9.17) is 5.73 Å². The van der Waals surface area contributed by atoms with Crippen molar-refractivity contribution >= 4 is 5.78 Å². The molecule has 1 aliphatic carbocycles. The van der Waals surface area contributed by atoms with Crippen LogP contribution in [-0.4, -0.2) is 11.8 Å². The Balaban J connectivity index is 2.37. The summed E-state index contributed by atoms with van der Waals surface area (Å²) in [5.41, 5.74) is 6.04. The second-order valence-electron chi connectivity index (χ2n) is 4.56. The molecule has 2 heteroatoms. The molecule has 1 rings (SSSR count). The summed E-state index contributed by atoms with van der Waals surface area (Å²) in [5, 5.41) is 0. The van der Waals surface area contributed by atoms with Gasteiger partial charge in [-0.1, -0.05) is 25.3 Å². The quantitative estimate of drug-likeness (QED) is 0.430. The molecule has 2 N–H and O–H groups in total. The lowest BCUT2D eigenvalue weighted by atomic mass is 9.89. The van der Waals surface area contributed by atoms with Gasteiger partial charge in [0.05, 0.1) is 0 Å². The zero-order valence-corrected chi connectivity index (χ0v) is 9.58. The highest BCUT2D eigenvalue weighted by molar-refractivity contribution is 5.81. The summed E-state index contributed by atoms with van der Waals surface area (Å²) >= 11 is 0. The summed E-state index contributed by atoms with van der Waals surface area (Å²) in [7, 11) is 0. The number of ketones is 1. The van der Waals surface area contributed by atoms with E-state index in [9.17, 15) is 4.79 Å². The average Bonchev–Trinajstić information content (AvgIpc) is 2.43. The lowest BCUT2D eigenvalue weighted by molar-refractivity contribution is -0.123. The largest absolute Gasteiger partial charge is 0.327 e. The van der Waals surface area contributed by atoms with Crippen molar-refractivity contribution in [2.75, 3.05) is 0 Å². The molecule has 0 radical (unpaired) electrons. The lowest BCUT2D eigenvalue weighted by Crippen LogP contribution is -2.34. The van der Waals surface area contributed by atoms with E-state index in [2.05, 4.69) is 6.58 Å². The maximum Gasteiger partial charge on any atom is 0.137 e. The highest BCUT2D eigenvalue weighted by atomic mass is 16.1. The number of hydrogen-bond acceptors (Lipinski definition) is 2. The molecule has 0 aromatic heterocycles. The molecule has 0 bridgehead atoms. The molecule has 1 fully saturated rings. The number of nitrogens with two attached hydrogens (primary N) is 1. The topological polar surface area (TPSA) is 43.1 Å². The molecule has 2 atom stereocenters. The first-order valence-corrected chi connectivity index (χ1v) is 6.15. The van der Waals surface area contributed by atoms with Crippen LogP contribution in [-0.2, 0) is 4.79 Å². The molecule has 2 unspecified atom stereocenters. The third kappa shape index (κ3) is 4.17. The maximum absolute atomic E-state index is 11.9. The molecule has 0 aromatic carbocycles. The van der Waals surface area contributed by atoms with Crippen molar-refractivity contribution in [2.24, 2.45) is 11.7 Å². The van der Waals surface area contributed by atoms with Crippen LogP contribution < -0.4 is 5.73 Å². The first kappa shape index (κ1) is 12.4. The van der Waals surface area contributed by atoms with E-state index in [-0.39, 0.29) is 12.0 Å². The van der Waals surface area contributed by atoms with Crippen LogP contribution >= 0.6 is 0 Å². The Morgan fingerprint density at radius 3 is 2.80 bits per heavy atom. The fourth-order valence-corrected chi connectivity index (χ4v) is 2.34. The molecule has 86 valence electrons. The first-order valence-electron chi connectivity index (χ1n) is 6.15. The van der Waals surface area contributed by atoms with Crippen molar-refractivity contribution in [3.05, 3.63) is 12.7 Å². The fraction of sp³-hybridized carbons (Fsp3) is 0.769. The third-order valence-electron chi connectivity index (χ3n) is 3.31. The van der Waals surface area contributed by atoms with Crippen LogP contribution in [0.25, 0.3) is 0 Å². The van der Waals surface area contributed by atoms with Crippen molar-refractivity contribution in [3.63, 3.8) is 0 Å². The van der Waals surface area contributed by atoms with Crippen molar-refractivity contribution in [1.82, 2.24) is 0 Å². The van der Waals surface area contributed by atoms with Gasteiger partial charge in [-0.3, -0.25) is 4.79 Å². The standard InChI is InChI=1S/C13H23NO/c1-2-3-5-10-13(15)11-8-6-4-7-9-12(11)14/h2,11-12H,1,3-10,14H2. The molecule has 0 spiro atoms. The molecular weight excluding hydrogens is 186 g/mol. The fourth-order valence-electron chi connectivity index (χ4n) is 2.34. The molecule has 0 saturated heterocycles. The van der Waals surface area contributed by atoms with Crippen molar-refractivity contribution in [3.8, 4) is 0 Å². The summed E-state index contributed by atoms with van der Waals surface area (Å²) in [6, 6.07) is 0.115. The summed E-state index contributed by atoms with van der Waals surface area (Å²) in [6.45, 7) is 3.66. The van der Waals surface area contributed by atoms with E-state index in [0.29, 0.717) is 12.2 Å². The van der Waals surface area contributed by atoms with Crippen molar-refractivity contribution < 1.29 is 4.79 Å². The Morgan fingerprint density at radius 2 is 2.07 bits per heavy atom. The van der Waals surface area contributed by atoms with Crippen LogP contribution in [0.15, 0.2) is 12.7 Å².